The van der Waals surface area contributed by atoms with Crippen LogP contribution in [0.2, 0.25) is 0 Å². The maximum Gasteiger partial charge on any atom is 0.407 e. The van der Waals surface area contributed by atoms with E-state index in [0.29, 0.717) is 13.2 Å². The van der Waals surface area contributed by atoms with Crippen LogP contribution in [0.4, 0.5) is 4.79 Å². The number of amides is 1. The summed E-state index contributed by atoms with van der Waals surface area (Å²) in [4.78, 5) is 11.5. The lowest BCUT2D eigenvalue weighted by Crippen LogP contribution is -2.23. The van der Waals surface area contributed by atoms with E-state index in [4.69, 9.17) is 4.74 Å². The predicted molar refractivity (Wildman–Crippen MR) is 74.9 cm³/mol. The second-order valence-corrected chi connectivity index (χ2v) is 3.90. The van der Waals surface area contributed by atoms with Gasteiger partial charge in [0.25, 0.3) is 0 Å². The molecule has 0 saturated heterocycles. The van der Waals surface area contributed by atoms with Crippen LogP contribution in [0.5, 0.6) is 0 Å². The molecule has 0 fully saturated rings. The average molecular weight is 258 g/mol. The minimum atomic E-state index is -0.400. The van der Waals surface area contributed by atoms with Gasteiger partial charge in [0.2, 0.25) is 0 Å². The first kappa shape index (κ1) is 14.7. The van der Waals surface area contributed by atoms with Gasteiger partial charge in [-0.25, -0.2) is 4.79 Å². The van der Waals surface area contributed by atoms with E-state index in [1.165, 1.54) is 0 Å². The molecular formula is C15H18N2O2. The standard InChI is InChI=1S/C15H15NO2.H3N/c17-15(16-11-13-7-3-1-4-8-13)18-12-14-9-5-2-6-10-14;/h1-10H,11-12H2,(H,16,17);1H3. The monoisotopic (exact) mass is 258 g/mol. The molecule has 0 spiro atoms. The molecule has 2 aromatic rings. The number of carbonyl (C=O) groups is 1. The van der Waals surface area contributed by atoms with Crippen molar-refractivity contribution in [2.24, 2.45) is 0 Å². The Hall–Kier alpha value is -2.33. The van der Waals surface area contributed by atoms with E-state index in [1.807, 2.05) is 60.7 Å². The number of benzene rings is 2. The van der Waals surface area contributed by atoms with E-state index in [-0.39, 0.29) is 6.15 Å². The zero-order valence-electron chi connectivity index (χ0n) is 10.7. The number of hydrogen-bond acceptors (Lipinski definition) is 3. The fraction of sp³-hybridized carbons (Fsp3) is 0.133. The molecule has 0 radical (unpaired) electrons. The topological polar surface area (TPSA) is 73.3 Å². The first-order valence-electron chi connectivity index (χ1n) is 5.83. The predicted octanol–water partition coefficient (Wildman–Crippen LogP) is 3.28. The van der Waals surface area contributed by atoms with Gasteiger partial charge in [-0.1, -0.05) is 60.7 Å². The highest BCUT2D eigenvalue weighted by Gasteiger charge is 2.01. The van der Waals surface area contributed by atoms with Gasteiger partial charge in [0.1, 0.15) is 6.61 Å². The van der Waals surface area contributed by atoms with Gasteiger partial charge in [0, 0.05) is 6.54 Å². The second-order valence-electron chi connectivity index (χ2n) is 3.90. The summed E-state index contributed by atoms with van der Waals surface area (Å²) in [5.74, 6) is 0. The van der Waals surface area contributed by atoms with Crippen molar-refractivity contribution in [3.05, 3.63) is 71.8 Å². The van der Waals surface area contributed by atoms with Gasteiger partial charge < -0.3 is 16.2 Å². The molecule has 0 heterocycles. The largest absolute Gasteiger partial charge is 0.445 e. The van der Waals surface area contributed by atoms with Crippen molar-refractivity contribution < 1.29 is 9.53 Å². The van der Waals surface area contributed by atoms with Gasteiger partial charge in [-0.15, -0.1) is 0 Å². The lowest BCUT2D eigenvalue weighted by Gasteiger charge is -2.07. The molecule has 100 valence electrons. The van der Waals surface area contributed by atoms with Crippen LogP contribution < -0.4 is 11.5 Å². The van der Waals surface area contributed by atoms with Crippen LogP contribution in [0, 0.1) is 0 Å². The maximum atomic E-state index is 11.5. The molecule has 0 atom stereocenters. The molecule has 0 unspecified atom stereocenters. The molecule has 0 aromatic heterocycles. The molecule has 0 aliphatic rings. The Labute approximate surface area is 113 Å². The highest BCUT2D eigenvalue weighted by Crippen LogP contribution is 2.01. The first-order chi connectivity index (χ1) is 8.84. The Balaban J connectivity index is 0.00000180. The van der Waals surface area contributed by atoms with Crippen LogP contribution in [0.1, 0.15) is 11.1 Å². The van der Waals surface area contributed by atoms with Crippen molar-refractivity contribution in [2.75, 3.05) is 0 Å². The summed E-state index contributed by atoms with van der Waals surface area (Å²) >= 11 is 0. The SMILES string of the molecule is N.O=C(NCc1ccccc1)OCc1ccccc1. The zero-order valence-corrected chi connectivity index (χ0v) is 10.7. The fourth-order valence-electron chi connectivity index (χ4n) is 1.54. The average Bonchev–Trinajstić information content (AvgIpc) is 2.45. The van der Waals surface area contributed by atoms with Crippen LogP contribution in [0.25, 0.3) is 0 Å². The van der Waals surface area contributed by atoms with E-state index in [1.54, 1.807) is 0 Å². The minimum Gasteiger partial charge on any atom is -0.445 e. The van der Waals surface area contributed by atoms with Gasteiger partial charge in [-0.05, 0) is 11.1 Å². The third-order valence-corrected chi connectivity index (χ3v) is 2.49. The minimum absolute atomic E-state index is 0. The summed E-state index contributed by atoms with van der Waals surface area (Å²) in [5, 5.41) is 2.71. The number of alkyl carbamates (subject to hydrolysis) is 1. The van der Waals surface area contributed by atoms with E-state index in [0.717, 1.165) is 11.1 Å². The zero-order chi connectivity index (χ0) is 12.6. The Morgan fingerprint density at radius 1 is 0.895 bits per heavy atom. The maximum absolute atomic E-state index is 11.5. The van der Waals surface area contributed by atoms with Gasteiger partial charge in [-0.2, -0.15) is 0 Å². The van der Waals surface area contributed by atoms with Crippen molar-refractivity contribution in [1.29, 1.82) is 0 Å². The van der Waals surface area contributed by atoms with Crippen molar-refractivity contribution in [3.63, 3.8) is 0 Å². The first-order valence-corrected chi connectivity index (χ1v) is 5.83. The van der Waals surface area contributed by atoms with Gasteiger partial charge in [0.05, 0.1) is 0 Å². The van der Waals surface area contributed by atoms with Crippen molar-refractivity contribution in [2.45, 2.75) is 13.2 Å². The van der Waals surface area contributed by atoms with Crippen molar-refractivity contribution in [3.8, 4) is 0 Å². The Bertz CT molecular complexity index is 441. The van der Waals surface area contributed by atoms with Gasteiger partial charge in [-0.3, -0.25) is 0 Å². The van der Waals surface area contributed by atoms with Crippen LogP contribution in [-0.2, 0) is 17.9 Å². The summed E-state index contributed by atoms with van der Waals surface area (Å²) in [6.45, 7) is 0.774. The molecule has 0 bridgehead atoms. The number of nitrogens with one attached hydrogen (secondary N) is 1. The lowest BCUT2D eigenvalue weighted by molar-refractivity contribution is 0.139. The lowest BCUT2D eigenvalue weighted by atomic mass is 10.2. The Morgan fingerprint density at radius 2 is 1.42 bits per heavy atom. The van der Waals surface area contributed by atoms with Crippen molar-refractivity contribution >= 4 is 6.09 Å². The second kappa shape index (κ2) is 7.89. The summed E-state index contributed by atoms with van der Waals surface area (Å²) in [7, 11) is 0. The number of carbonyl (C=O) groups excluding carboxylic acids is 1. The summed E-state index contributed by atoms with van der Waals surface area (Å²) in [5.41, 5.74) is 2.03. The highest BCUT2D eigenvalue weighted by molar-refractivity contribution is 5.67. The number of hydrogen-bond donors (Lipinski definition) is 2. The van der Waals surface area contributed by atoms with Crippen LogP contribution in [0.3, 0.4) is 0 Å². The highest BCUT2D eigenvalue weighted by atomic mass is 16.5. The molecule has 2 aromatic carbocycles. The third-order valence-electron chi connectivity index (χ3n) is 2.49. The van der Waals surface area contributed by atoms with E-state index < -0.39 is 6.09 Å². The molecule has 4 heteroatoms. The van der Waals surface area contributed by atoms with Crippen LogP contribution >= 0.6 is 0 Å². The van der Waals surface area contributed by atoms with Gasteiger partial charge in [0.15, 0.2) is 0 Å². The Kier molecular flexibility index (Phi) is 6.12. The van der Waals surface area contributed by atoms with E-state index in [9.17, 15) is 4.79 Å². The number of rotatable bonds is 4. The van der Waals surface area contributed by atoms with Crippen LogP contribution in [0.15, 0.2) is 60.7 Å². The molecular weight excluding hydrogens is 240 g/mol. The summed E-state index contributed by atoms with van der Waals surface area (Å²) in [6, 6.07) is 19.3. The summed E-state index contributed by atoms with van der Waals surface area (Å²) < 4.78 is 5.10. The molecule has 1 amide bonds. The molecule has 2 rings (SSSR count). The van der Waals surface area contributed by atoms with Crippen molar-refractivity contribution in [1.82, 2.24) is 11.5 Å². The van der Waals surface area contributed by atoms with E-state index >= 15 is 0 Å². The molecule has 0 aliphatic heterocycles. The third kappa shape index (κ3) is 5.23. The summed E-state index contributed by atoms with van der Waals surface area (Å²) in [6.07, 6.45) is -0.400. The van der Waals surface area contributed by atoms with Crippen LogP contribution in [-0.4, -0.2) is 6.09 Å². The Morgan fingerprint density at radius 3 is 2.00 bits per heavy atom. The normalized spacial score (nSPS) is 9.26. The molecule has 0 saturated carbocycles. The smallest absolute Gasteiger partial charge is 0.407 e. The molecule has 0 aliphatic carbocycles. The molecule has 4 nitrogen and oxygen atoms in total. The quantitative estimate of drug-likeness (QED) is 0.883. The fourth-order valence-corrected chi connectivity index (χ4v) is 1.54. The van der Waals surface area contributed by atoms with Gasteiger partial charge >= 0.3 is 6.09 Å². The molecule has 19 heavy (non-hydrogen) atoms. The van der Waals surface area contributed by atoms with E-state index in [2.05, 4.69) is 5.32 Å². The number of ether oxygens (including phenoxy) is 1. The molecule has 4 N–H and O–H groups in total.